The van der Waals surface area contributed by atoms with E-state index in [2.05, 4.69) is 25.4 Å². The van der Waals surface area contributed by atoms with Crippen molar-refractivity contribution in [2.24, 2.45) is 0 Å². The molecule has 0 heterocycles. The summed E-state index contributed by atoms with van der Waals surface area (Å²) in [6.45, 7) is 0. The predicted molar refractivity (Wildman–Crippen MR) is 94.3 cm³/mol. The molecule has 0 aliphatic carbocycles. The molecule has 0 spiro atoms. The van der Waals surface area contributed by atoms with Crippen molar-refractivity contribution >= 4 is 49.2 Å². The van der Waals surface area contributed by atoms with E-state index in [4.69, 9.17) is 16.3 Å². The van der Waals surface area contributed by atoms with Gasteiger partial charge in [0.2, 0.25) is 0 Å². The van der Waals surface area contributed by atoms with Gasteiger partial charge in [-0.1, -0.05) is 27.5 Å². The van der Waals surface area contributed by atoms with Crippen molar-refractivity contribution in [2.45, 2.75) is 4.90 Å². The summed E-state index contributed by atoms with van der Waals surface area (Å²) < 4.78 is 37.9. The minimum atomic E-state index is -3.99. The zero-order chi connectivity index (χ0) is 17.9. The predicted octanol–water partition coefficient (Wildman–Crippen LogP) is 3.70. The third kappa shape index (κ3) is 4.00. The topological polar surface area (TPSA) is 81.7 Å². The summed E-state index contributed by atoms with van der Waals surface area (Å²) in [5.41, 5.74) is 0.224. The summed E-state index contributed by atoms with van der Waals surface area (Å²) in [6, 6.07) is 8.72. The zero-order valence-electron chi connectivity index (χ0n) is 12.7. The van der Waals surface area contributed by atoms with E-state index in [1.165, 1.54) is 44.6 Å². The number of methoxy groups -OCH3 is 2. The van der Waals surface area contributed by atoms with Gasteiger partial charge in [-0.15, -0.1) is 0 Å². The average molecular weight is 435 g/mol. The van der Waals surface area contributed by atoms with Gasteiger partial charge in [-0.05, 0) is 36.4 Å². The summed E-state index contributed by atoms with van der Waals surface area (Å²) in [7, 11) is -1.39. The number of esters is 1. The van der Waals surface area contributed by atoms with E-state index in [-0.39, 0.29) is 26.9 Å². The second-order valence-corrected chi connectivity index (χ2v) is 7.56. The number of anilines is 1. The van der Waals surface area contributed by atoms with Crippen LogP contribution in [0.25, 0.3) is 0 Å². The van der Waals surface area contributed by atoms with Crippen LogP contribution in [0.15, 0.2) is 45.8 Å². The fourth-order valence-corrected chi connectivity index (χ4v) is 3.91. The van der Waals surface area contributed by atoms with E-state index in [0.29, 0.717) is 4.47 Å². The highest BCUT2D eigenvalue weighted by atomic mass is 79.9. The van der Waals surface area contributed by atoms with Gasteiger partial charge in [-0.25, -0.2) is 13.2 Å². The van der Waals surface area contributed by atoms with Crippen molar-refractivity contribution in [1.29, 1.82) is 0 Å². The van der Waals surface area contributed by atoms with Crippen LogP contribution in [-0.2, 0) is 14.8 Å². The maximum atomic E-state index is 12.6. The molecule has 0 bridgehead atoms. The normalized spacial score (nSPS) is 11.0. The van der Waals surface area contributed by atoms with Crippen molar-refractivity contribution in [3.8, 4) is 5.75 Å². The molecule has 0 atom stereocenters. The number of rotatable bonds is 5. The molecule has 1 N–H and O–H groups in total. The first-order valence-electron chi connectivity index (χ1n) is 6.52. The van der Waals surface area contributed by atoms with Gasteiger partial charge in [-0.2, -0.15) is 0 Å². The van der Waals surface area contributed by atoms with E-state index in [0.717, 1.165) is 0 Å². The molecule has 0 radical (unpaired) electrons. The standard InChI is InChI=1S/C15H13BrClNO5S/c1-22-13-6-4-10(16)8-14(13)24(20,21)18-12-7-9(15(19)23-2)3-5-11(12)17/h3-8,18H,1-2H3. The Morgan fingerprint density at radius 3 is 2.50 bits per heavy atom. The minimum absolute atomic E-state index is 0.0570. The molecule has 0 aromatic heterocycles. The number of ether oxygens (including phenoxy) is 2. The van der Waals surface area contributed by atoms with Crippen molar-refractivity contribution in [3.05, 3.63) is 51.5 Å². The summed E-state index contributed by atoms with van der Waals surface area (Å²) in [5, 5.41) is 0.139. The Morgan fingerprint density at radius 2 is 1.88 bits per heavy atom. The molecule has 0 amide bonds. The fourth-order valence-electron chi connectivity index (χ4n) is 1.91. The summed E-state index contributed by atoms with van der Waals surface area (Å²) in [5.74, 6) is -0.432. The quantitative estimate of drug-likeness (QED) is 0.726. The van der Waals surface area contributed by atoms with Crippen molar-refractivity contribution in [1.82, 2.24) is 0 Å². The highest BCUT2D eigenvalue weighted by Gasteiger charge is 2.22. The lowest BCUT2D eigenvalue weighted by Crippen LogP contribution is -2.15. The third-order valence-corrected chi connectivity index (χ3v) is 5.26. The largest absolute Gasteiger partial charge is 0.495 e. The Bertz CT molecular complexity index is 885. The van der Waals surface area contributed by atoms with Crippen LogP contribution in [0.2, 0.25) is 5.02 Å². The van der Waals surface area contributed by atoms with Gasteiger partial charge < -0.3 is 9.47 Å². The van der Waals surface area contributed by atoms with E-state index in [9.17, 15) is 13.2 Å². The molecule has 24 heavy (non-hydrogen) atoms. The van der Waals surface area contributed by atoms with Gasteiger partial charge >= 0.3 is 5.97 Å². The molecule has 0 saturated heterocycles. The monoisotopic (exact) mass is 433 g/mol. The van der Waals surface area contributed by atoms with Crippen LogP contribution in [0.3, 0.4) is 0 Å². The number of carbonyl (C=O) groups is 1. The van der Waals surface area contributed by atoms with Gasteiger partial charge in [0.15, 0.2) is 0 Å². The maximum absolute atomic E-state index is 12.6. The number of nitrogens with one attached hydrogen (secondary N) is 1. The van der Waals surface area contributed by atoms with Gasteiger partial charge in [0.05, 0.1) is 30.5 Å². The molecule has 0 aliphatic heterocycles. The lowest BCUT2D eigenvalue weighted by molar-refractivity contribution is 0.0601. The molecule has 0 aliphatic rings. The van der Waals surface area contributed by atoms with Gasteiger partial charge in [0, 0.05) is 4.47 Å². The van der Waals surface area contributed by atoms with E-state index in [1.54, 1.807) is 6.07 Å². The van der Waals surface area contributed by atoms with Crippen LogP contribution in [0.1, 0.15) is 10.4 Å². The number of benzene rings is 2. The van der Waals surface area contributed by atoms with Crippen LogP contribution in [0.5, 0.6) is 5.75 Å². The number of halogens is 2. The van der Waals surface area contributed by atoms with Crippen LogP contribution in [0.4, 0.5) is 5.69 Å². The van der Waals surface area contributed by atoms with E-state index < -0.39 is 16.0 Å². The molecule has 2 aromatic carbocycles. The number of hydrogen-bond donors (Lipinski definition) is 1. The Labute approximate surface area is 152 Å². The van der Waals surface area contributed by atoms with Gasteiger partial charge in [0.25, 0.3) is 10.0 Å². The highest BCUT2D eigenvalue weighted by molar-refractivity contribution is 9.10. The zero-order valence-corrected chi connectivity index (χ0v) is 15.8. The Balaban J connectivity index is 2.47. The first kappa shape index (κ1) is 18.6. The Morgan fingerprint density at radius 1 is 1.17 bits per heavy atom. The average Bonchev–Trinajstić information content (AvgIpc) is 2.56. The molecule has 2 aromatic rings. The third-order valence-electron chi connectivity index (χ3n) is 3.05. The molecule has 128 valence electrons. The summed E-state index contributed by atoms with van der Waals surface area (Å²) in [6.07, 6.45) is 0. The van der Waals surface area contributed by atoms with Crippen LogP contribution in [0, 0.1) is 0 Å². The van der Waals surface area contributed by atoms with E-state index in [1.807, 2.05) is 0 Å². The van der Waals surface area contributed by atoms with Gasteiger partial charge in [0.1, 0.15) is 10.6 Å². The molecule has 0 fully saturated rings. The van der Waals surface area contributed by atoms with E-state index >= 15 is 0 Å². The number of hydrogen-bond acceptors (Lipinski definition) is 5. The summed E-state index contributed by atoms with van der Waals surface area (Å²) in [4.78, 5) is 11.5. The molecule has 0 unspecified atom stereocenters. The minimum Gasteiger partial charge on any atom is -0.495 e. The highest BCUT2D eigenvalue weighted by Crippen LogP contribution is 2.31. The van der Waals surface area contributed by atoms with Crippen LogP contribution < -0.4 is 9.46 Å². The first-order chi connectivity index (χ1) is 11.3. The SMILES string of the molecule is COC(=O)c1ccc(Cl)c(NS(=O)(=O)c2cc(Br)ccc2OC)c1. The number of carbonyl (C=O) groups excluding carboxylic acids is 1. The maximum Gasteiger partial charge on any atom is 0.337 e. The Hall–Kier alpha value is -1.77. The Kier molecular flexibility index (Phi) is 5.74. The van der Waals surface area contributed by atoms with Crippen molar-refractivity contribution < 1.29 is 22.7 Å². The molecule has 6 nitrogen and oxygen atoms in total. The van der Waals surface area contributed by atoms with Crippen LogP contribution >= 0.6 is 27.5 Å². The lowest BCUT2D eigenvalue weighted by Gasteiger charge is -2.13. The van der Waals surface area contributed by atoms with Gasteiger partial charge in [-0.3, -0.25) is 4.72 Å². The van der Waals surface area contributed by atoms with Crippen LogP contribution in [-0.4, -0.2) is 28.6 Å². The molecule has 2 rings (SSSR count). The van der Waals surface area contributed by atoms with Crippen molar-refractivity contribution in [2.75, 3.05) is 18.9 Å². The first-order valence-corrected chi connectivity index (χ1v) is 9.18. The second-order valence-electron chi connectivity index (χ2n) is 4.59. The molecular weight excluding hydrogens is 422 g/mol. The molecular formula is C15H13BrClNO5S. The second kappa shape index (κ2) is 7.42. The molecule has 0 saturated carbocycles. The fraction of sp³-hybridized carbons (Fsp3) is 0.133. The number of sulfonamides is 1. The lowest BCUT2D eigenvalue weighted by atomic mass is 10.2. The smallest absolute Gasteiger partial charge is 0.337 e. The molecule has 9 heteroatoms. The van der Waals surface area contributed by atoms with Crippen molar-refractivity contribution in [3.63, 3.8) is 0 Å². The summed E-state index contributed by atoms with van der Waals surface area (Å²) >= 11 is 9.25.